The molecule has 0 saturated carbocycles. The number of fused-ring (bicyclic) bond motifs is 1. The van der Waals surface area contributed by atoms with Crippen molar-refractivity contribution in [3.05, 3.63) is 75.2 Å². The highest BCUT2D eigenvalue weighted by Gasteiger charge is 2.21. The van der Waals surface area contributed by atoms with Crippen molar-refractivity contribution in [3.8, 4) is 0 Å². The number of nitrogens with zero attached hydrogens (tertiary/aromatic N) is 2. The third-order valence-electron chi connectivity index (χ3n) is 5.13. The number of H-pyrrole nitrogens is 1. The summed E-state index contributed by atoms with van der Waals surface area (Å²) in [7, 11) is 0. The Bertz CT molecular complexity index is 1150. The number of aromatic nitrogens is 1. The molecule has 4 rings (SSSR count). The van der Waals surface area contributed by atoms with Gasteiger partial charge in [-0.2, -0.15) is 0 Å². The lowest BCUT2D eigenvalue weighted by Crippen LogP contribution is -2.48. The number of aromatic amines is 1. The molecule has 1 amide bonds. The molecule has 9 heteroatoms. The number of halogens is 2. The fourth-order valence-electron chi connectivity index (χ4n) is 3.35. The van der Waals surface area contributed by atoms with E-state index in [1.165, 1.54) is 0 Å². The van der Waals surface area contributed by atoms with Gasteiger partial charge in [0.05, 0.1) is 5.52 Å². The highest BCUT2D eigenvalue weighted by molar-refractivity contribution is 6.48. The van der Waals surface area contributed by atoms with Gasteiger partial charge in [0.15, 0.2) is 5.58 Å². The number of hydrogen-bond acceptors (Lipinski definition) is 5. The summed E-state index contributed by atoms with van der Waals surface area (Å²) < 4.78 is 10.5. The van der Waals surface area contributed by atoms with Crippen LogP contribution in [0.3, 0.4) is 0 Å². The van der Waals surface area contributed by atoms with Crippen LogP contribution in [0, 0.1) is 0 Å². The number of carbonyl (C=O) groups excluding carboxylic acids is 1. The molecule has 0 atom stereocenters. The van der Waals surface area contributed by atoms with Crippen molar-refractivity contribution in [2.24, 2.45) is 0 Å². The second-order valence-electron chi connectivity index (χ2n) is 7.25. The monoisotopic (exact) mass is 461 g/mol. The SMILES string of the molecule is O=C(OCc1ccc(Cl)cc1)N1CCN(C/C=C(/Cl)c2ccc3[nH]c(=O)oc3c2)CC1. The number of piperazine rings is 1. The molecule has 1 aliphatic rings. The molecule has 2 aromatic carbocycles. The predicted molar refractivity (Wildman–Crippen MR) is 120 cm³/mol. The Morgan fingerprint density at radius 2 is 1.87 bits per heavy atom. The minimum Gasteiger partial charge on any atom is -0.445 e. The van der Waals surface area contributed by atoms with Crippen LogP contribution in [0.15, 0.2) is 57.8 Å². The van der Waals surface area contributed by atoms with Crippen molar-refractivity contribution in [1.82, 2.24) is 14.8 Å². The lowest BCUT2D eigenvalue weighted by atomic mass is 10.2. The van der Waals surface area contributed by atoms with Crippen molar-refractivity contribution in [3.63, 3.8) is 0 Å². The van der Waals surface area contributed by atoms with E-state index < -0.39 is 5.76 Å². The first-order valence-corrected chi connectivity index (χ1v) is 10.6. The second-order valence-corrected chi connectivity index (χ2v) is 8.09. The number of amides is 1. The van der Waals surface area contributed by atoms with Gasteiger partial charge in [-0.15, -0.1) is 0 Å². The predicted octanol–water partition coefficient (Wildman–Crippen LogP) is 4.31. The van der Waals surface area contributed by atoms with Gasteiger partial charge in [-0.3, -0.25) is 9.88 Å². The fourth-order valence-corrected chi connectivity index (χ4v) is 3.66. The molecule has 0 radical (unpaired) electrons. The summed E-state index contributed by atoms with van der Waals surface area (Å²) in [6, 6.07) is 12.6. The third kappa shape index (κ3) is 5.50. The van der Waals surface area contributed by atoms with E-state index in [1.807, 2.05) is 24.3 Å². The van der Waals surface area contributed by atoms with Crippen LogP contribution in [-0.4, -0.2) is 53.6 Å². The quantitative estimate of drug-likeness (QED) is 0.612. The number of nitrogens with one attached hydrogen (secondary N) is 1. The second kappa shape index (κ2) is 9.60. The summed E-state index contributed by atoms with van der Waals surface area (Å²) in [4.78, 5) is 30.1. The van der Waals surface area contributed by atoms with E-state index >= 15 is 0 Å². The smallest absolute Gasteiger partial charge is 0.417 e. The molecule has 1 N–H and O–H groups in total. The number of ether oxygens (including phenoxy) is 1. The van der Waals surface area contributed by atoms with Crippen LogP contribution in [0.4, 0.5) is 4.79 Å². The van der Waals surface area contributed by atoms with Crippen LogP contribution in [-0.2, 0) is 11.3 Å². The first-order chi connectivity index (χ1) is 15.0. The molecule has 1 fully saturated rings. The largest absolute Gasteiger partial charge is 0.445 e. The van der Waals surface area contributed by atoms with Crippen molar-refractivity contribution >= 4 is 45.4 Å². The molecule has 0 aliphatic carbocycles. The van der Waals surface area contributed by atoms with Gasteiger partial charge in [-0.05, 0) is 35.4 Å². The van der Waals surface area contributed by atoms with E-state index in [2.05, 4.69) is 9.88 Å². The standard InChI is InChI=1S/C22H21Cl2N3O4/c23-17-4-1-15(2-5-17)14-30-22(29)27-11-9-26(10-12-27)8-7-18(24)16-3-6-19-20(13-16)31-21(28)25-19/h1-7,13H,8-12,14H2,(H,25,28)/b18-7+. The summed E-state index contributed by atoms with van der Waals surface area (Å²) in [5, 5.41) is 1.23. The van der Waals surface area contributed by atoms with Gasteiger partial charge in [0.1, 0.15) is 6.61 Å². The van der Waals surface area contributed by atoms with Gasteiger partial charge in [-0.25, -0.2) is 9.59 Å². The Morgan fingerprint density at radius 1 is 1.13 bits per heavy atom. The molecule has 7 nitrogen and oxygen atoms in total. The summed E-state index contributed by atoms with van der Waals surface area (Å²) in [5.41, 5.74) is 2.78. The summed E-state index contributed by atoms with van der Waals surface area (Å²) in [6.45, 7) is 3.50. The number of hydrogen-bond donors (Lipinski definition) is 1. The van der Waals surface area contributed by atoms with Gasteiger partial charge < -0.3 is 14.1 Å². The zero-order valence-electron chi connectivity index (χ0n) is 16.6. The molecular formula is C22H21Cl2N3O4. The first kappa shape index (κ1) is 21.5. The molecule has 31 heavy (non-hydrogen) atoms. The molecule has 1 aromatic heterocycles. The Morgan fingerprint density at radius 3 is 2.61 bits per heavy atom. The van der Waals surface area contributed by atoms with Crippen LogP contribution >= 0.6 is 23.2 Å². The maximum absolute atomic E-state index is 12.3. The molecule has 2 heterocycles. The third-order valence-corrected chi connectivity index (χ3v) is 5.76. The van der Waals surface area contributed by atoms with E-state index in [1.54, 1.807) is 29.2 Å². The van der Waals surface area contributed by atoms with Gasteiger partial charge in [-0.1, -0.05) is 47.5 Å². The van der Waals surface area contributed by atoms with Crippen LogP contribution in [0.25, 0.3) is 16.1 Å². The number of carbonyl (C=O) groups is 1. The summed E-state index contributed by atoms with van der Waals surface area (Å²) in [6.07, 6.45) is 1.60. The van der Waals surface area contributed by atoms with Crippen LogP contribution < -0.4 is 5.76 Å². The Labute approximate surface area is 188 Å². The zero-order valence-corrected chi connectivity index (χ0v) is 18.2. The fraction of sp³-hybridized carbons (Fsp3) is 0.273. The normalized spacial score (nSPS) is 15.4. The maximum Gasteiger partial charge on any atom is 0.417 e. The van der Waals surface area contributed by atoms with Crippen molar-refractivity contribution in [2.45, 2.75) is 6.61 Å². The Hall–Kier alpha value is -2.74. The highest BCUT2D eigenvalue weighted by atomic mass is 35.5. The molecule has 162 valence electrons. The van der Waals surface area contributed by atoms with E-state index in [-0.39, 0.29) is 12.7 Å². The molecule has 0 unspecified atom stereocenters. The van der Waals surface area contributed by atoms with Crippen LogP contribution in [0.2, 0.25) is 5.02 Å². The van der Waals surface area contributed by atoms with E-state index in [9.17, 15) is 9.59 Å². The number of oxazole rings is 1. The summed E-state index contributed by atoms with van der Waals surface area (Å²) in [5.74, 6) is -0.489. The Balaban J connectivity index is 1.25. The number of benzene rings is 2. The summed E-state index contributed by atoms with van der Waals surface area (Å²) >= 11 is 12.3. The molecule has 1 aliphatic heterocycles. The van der Waals surface area contributed by atoms with Crippen molar-refractivity contribution in [2.75, 3.05) is 32.7 Å². The topological polar surface area (TPSA) is 78.8 Å². The highest BCUT2D eigenvalue weighted by Crippen LogP contribution is 2.22. The van der Waals surface area contributed by atoms with Gasteiger partial charge in [0.2, 0.25) is 0 Å². The van der Waals surface area contributed by atoms with Gasteiger partial charge in [0, 0.05) is 42.8 Å². The van der Waals surface area contributed by atoms with Crippen molar-refractivity contribution < 1.29 is 13.9 Å². The van der Waals surface area contributed by atoms with Crippen LogP contribution in [0.5, 0.6) is 0 Å². The molecule has 1 saturated heterocycles. The minimum atomic E-state index is -0.489. The first-order valence-electron chi connectivity index (χ1n) is 9.85. The molecule has 0 bridgehead atoms. The lowest BCUT2D eigenvalue weighted by Gasteiger charge is -2.33. The van der Waals surface area contributed by atoms with E-state index in [0.29, 0.717) is 40.8 Å². The molecule has 3 aromatic rings. The lowest BCUT2D eigenvalue weighted by molar-refractivity contribution is 0.0742. The average Bonchev–Trinajstić information content (AvgIpc) is 3.16. The Kier molecular flexibility index (Phi) is 6.65. The zero-order chi connectivity index (χ0) is 21.8. The maximum atomic E-state index is 12.3. The molecular weight excluding hydrogens is 441 g/mol. The van der Waals surface area contributed by atoms with Gasteiger partial charge in [0.25, 0.3) is 0 Å². The number of rotatable bonds is 5. The average molecular weight is 462 g/mol. The van der Waals surface area contributed by atoms with E-state index in [4.69, 9.17) is 32.4 Å². The van der Waals surface area contributed by atoms with E-state index in [0.717, 1.165) is 24.2 Å². The minimum absolute atomic E-state index is 0.222. The molecule has 0 spiro atoms. The van der Waals surface area contributed by atoms with Crippen LogP contribution in [0.1, 0.15) is 11.1 Å². The van der Waals surface area contributed by atoms with Gasteiger partial charge >= 0.3 is 11.8 Å². The van der Waals surface area contributed by atoms with Crippen molar-refractivity contribution in [1.29, 1.82) is 0 Å².